The fraction of sp³-hybridized carbons (Fsp3) is 0.462. The standard InChI is InChI=1S/C13H17FN2O/c1-9-11(6-7-15-9)13(17)16-8-10-4-2-3-5-12(10)14/h2-5,9,11,15H,6-8H2,1H3,(H,16,17). The van der Waals surface area contributed by atoms with Crippen LogP contribution in [0.25, 0.3) is 0 Å². The molecule has 2 unspecified atom stereocenters. The smallest absolute Gasteiger partial charge is 0.224 e. The summed E-state index contributed by atoms with van der Waals surface area (Å²) in [4.78, 5) is 11.9. The number of nitrogens with one attached hydrogen (secondary N) is 2. The summed E-state index contributed by atoms with van der Waals surface area (Å²) in [7, 11) is 0. The van der Waals surface area contributed by atoms with Gasteiger partial charge >= 0.3 is 0 Å². The third kappa shape index (κ3) is 2.82. The molecule has 1 saturated heterocycles. The van der Waals surface area contributed by atoms with E-state index in [1.54, 1.807) is 18.2 Å². The lowest BCUT2D eigenvalue weighted by molar-refractivity contribution is -0.125. The molecular weight excluding hydrogens is 219 g/mol. The van der Waals surface area contributed by atoms with E-state index in [1.165, 1.54) is 6.07 Å². The summed E-state index contributed by atoms with van der Waals surface area (Å²) >= 11 is 0. The first-order valence-electron chi connectivity index (χ1n) is 5.93. The summed E-state index contributed by atoms with van der Waals surface area (Å²) in [6.07, 6.45) is 0.851. The van der Waals surface area contributed by atoms with Crippen molar-refractivity contribution in [1.29, 1.82) is 0 Å². The molecule has 1 aromatic rings. The lowest BCUT2D eigenvalue weighted by Gasteiger charge is -2.15. The van der Waals surface area contributed by atoms with Gasteiger partial charge in [0, 0.05) is 18.2 Å². The molecule has 0 bridgehead atoms. The molecule has 1 heterocycles. The molecule has 0 spiro atoms. The van der Waals surface area contributed by atoms with E-state index in [1.807, 2.05) is 6.92 Å². The summed E-state index contributed by atoms with van der Waals surface area (Å²) in [5.74, 6) is -0.266. The van der Waals surface area contributed by atoms with Crippen molar-refractivity contribution >= 4 is 5.91 Å². The maximum absolute atomic E-state index is 13.3. The third-order valence-corrected chi connectivity index (χ3v) is 3.27. The van der Waals surface area contributed by atoms with Gasteiger partial charge in [0.15, 0.2) is 0 Å². The molecule has 1 aliphatic heterocycles. The Balaban J connectivity index is 1.90. The molecule has 2 rings (SSSR count). The molecule has 92 valence electrons. The summed E-state index contributed by atoms with van der Waals surface area (Å²) < 4.78 is 13.3. The van der Waals surface area contributed by atoms with Crippen molar-refractivity contribution < 1.29 is 9.18 Å². The second-order valence-electron chi connectivity index (χ2n) is 4.45. The number of halogens is 1. The maximum atomic E-state index is 13.3. The monoisotopic (exact) mass is 236 g/mol. The zero-order chi connectivity index (χ0) is 12.3. The molecule has 2 N–H and O–H groups in total. The largest absolute Gasteiger partial charge is 0.352 e. The molecule has 4 heteroatoms. The van der Waals surface area contributed by atoms with Crippen molar-refractivity contribution in [3.63, 3.8) is 0 Å². The number of hydrogen-bond acceptors (Lipinski definition) is 2. The highest BCUT2D eigenvalue weighted by Crippen LogP contribution is 2.15. The normalized spacial score (nSPS) is 23.6. The molecule has 1 fully saturated rings. The van der Waals surface area contributed by atoms with Gasteiger partial charge < -0.3 is 10.6 Å². The van der Waals surface area contributed by atoms with Gasteiger partial charge in [0.2, 0.25) is 5.91 Å². The van der Waals surface area contributed by atoms with Gasteiger partial charge in [-0.15, -0.1) is 0 Å². The molecule has 0 aromatic heterocycles. The number of carbonyl (C=O) groups excluding carboxylic acids is 1. The maximum Gasteiger partial charge on any atom is 0.224 e. The second-order valence-corrected chi connectivity index (χ2v) is 4.45. The van der Waals surface area contributed by atoms with E-state index in [2.05, 4.69) is 10.6 Å². The molecule has 0 radical (unpaired) electrons. The molecule has 2 atom stereocenters. The average molecular weight is 236 g/mol. The number of hydrogen-bond donors (Lipinski definition) is 2. The predicted octanol–water partition coefficient (Wildman–Crippen LogP) is 1.44. The summed E-state index contributed by atoms with van der Waals surface area (Å²) in [6, 6.07) is 6.71. The van der Waals surface area contributed by atoms with E-state index >= 15 is 0 Å². The Morgan fingerprint density at radius 1 is 1.53 bits per heavy atom. The second kappa shape index (κ2) is 5.27. The summed E-state index contributed by atoms with van der Waals surface area (Å²) in [5.41, 5.74) is 0.527. The molecule has 17 heavy (non-hydrogen) atoms. The molecule has 1 aliphatic rings. The zero-order valence-electron chi connectivity index (χ0n) is 9.87. The first kappa shape index (κ1) is 12.0. The van der Waals surface area contributed by atoms with E-state index in [0.29, 0.717) is 5.56 Å². The molecule has 1 amide bonds. The van der Waals surface area contributed by atoms with Gasteiger partial charge in [0.1, 0.15) is 5.82 Å². The van der Waals surface area contributed by atoms with Gasteiger partial charge in [0.05, 0.1) is 5.92 Å². The van der Waals surface area contributed by atoms with E-state index in [4.69, 9.17) is 0 Å². The van der Waals surface area contributed by atoms with Crippen molar-refractivity contribution in [2.45, 2.75) is 25.9 Å². The SMILES string of the molecule is CC1NCCC1C(=O)NCc1ccccc1F. The Bertz CT molecular complexity index is 408. The highest BCUT2D eigenvalue weighted by atomic mass is 19.1. The minimum absolute atomic E-state index is 0.00164. The topological polar surface area (TPSA) is 41.1 Å². The Hall–Kier alpha value is -1.42. The van der Waals surface area contributed by atoms with E-state index in [-0.39, 0.29) is 30.2 Å². The summed E-state index contributed by atoms with van der Waals surface area (Å²) in [6.45, 7) is 3.13. The van der Waals surface area contributed by atoms with Crippen LogP contribution in [-0.4, -0.2) is 18.5 Å². The predicted molar refractivity (Wildman–Crippen MR) is 63.8 cm³/mol. The Kier molecular flexibility index (Phi) is 3.74. The van der Waals surface area contributed by atoms with Crippen molar-refractivity contribution in [3.05, 3.63) is 35.6 Å². The first-order valence-corrected chi connectivity index (χ1v) is 5.93. The van der Waals surface area contributed by atoms with Crippen LogP contribution in [0, 0.1) is 11.7 Å². The van der Waals surface area contributed by atoms with Crippen molar-refractivity contribution in [3.8, 4) is 0 Å². The van der Waals surface area contributed by atoms with Crippen LogP contribution >= 0.6 is 0 Å². The molecule has 0 aliphatic carbocycles. The fourth-order valence-corrected chi connectivity index (χ4v) is 2.17. The van der Waals surface area contributed by atoms with Crippen LogP contribution in [0.3, 0.4) is 0 Å². The average Bonchev–Trinajstić information content (AvgIpc) is 2.74. The highest BCUT2D eigenvalue weighted by Gasteiger charge is 2.28. The Labute approximate surface area is 100 Å². The molecule has 1 aromatic carbocycles. The van der Waals surface area contributed by atoms with Gasteiger partial charge in [-0.3, -0.25) is 4.79 Å². The van der Waals surface area contributed by atoms with Gasteiger partial charge in [-0.05, 0) is 26.0 Å². The van der Waals surface area contributed by atoms with Crippen LogP contribution < -0.4 is 10.6 Å². The van der Waals surface area contributed by atoms with Crippen LogP contribution in [0.4, 0.5) is 4.39 Å². The molecular formula is C13H17FN2O. The quantitative estimate of drug-likeness (QED) is 0.833. The van der Waals surface area contributed by atoms with Crippen LogP contribution in [-0.2, 0) is 11.3 Å². The van der Waals surface area contributed by atoms with Crippen LogP contribution in [0.2, 0.25) is 0 Å². The minimum atomic E-state index is -0.273. The van der Waals surface area contributed by atoms with Crippen molar-refractivity contribution in [1.82, 2.24) is 10.6 Å². The number of rotatable bonds is 3. The Morgan fingerprint density at radius 2 is 2.29 bits per heavy atom. The number of amides is 1. The molecule has 0 saturated carbocycles. The lowest BCUT2D eigenvalue weighted by atomic mass is 10.0. The zero-order valence-corrected chi connectivity index (χ0v) is 9.87. The van der Waals surface area contributed by atoms with E-state index in [0.717, 1.165) is 13.0 Å². The summed E-state index contributed by atoms with van der Waals surface area (Å²) in [5, 5.41) is 6.02. The van der Waals surface area contributed by atoms with Crippen molar-refractivity contribution in [2.75, 3.05) is 6.54 Å². The van der Waals surface area contributed by atoms with Gasteiger partial charge in [-0.2, -0.15) is 0 Å². The molecule has 3 nitrogen and oxygen atoms in total. The third-order valence-electron chi connectivity index (χ3n) is 3.27. The lowest BCUT2D eigenvalue weighted by Crippen LogP contribution is -2.36. The van der Waals surface area contributed by atoms with Crippen molar-refractivity contribution in [2.24, 2.45) is 5.92 Å². The van der Waals surface area contributed by atoms with Crippen LogP contribution in [0.1, 0.15) is 18.9 Å². The number of carbonyl (C=O) groups is 1. The Morgan fingerprint density at radius 3 is 2.94 bits per heavy atom. The van der Waals surface area contributed by atoms with Crippen LogP contribution in [0.15, 0.2) is 24.3 Å². The first-order chi connectivity index (χ1) is 8.18. The van der Waals surface area contributed by atoms with E-state index < -0.39 is 0 Å². The van der Waals surface area contributed by atoms with Gasteiger partial charge in [0.25, 0.3) is 0 Å². The highest BCUT2D eigenvalue weighted by molar-refractivity contribution is 5.79. The fourth-order valence-electron chi connectivity index (χ4n) is 2.17. The minimum Gasteiger partial charge on any atom is -0.352 e. The number of benzene rings is 1. The van der Waals surface area contributed by atoms with Crippen LogP contribution in [0.5, 0.6) is 0 Å². The van der Waals surface area contributed by atoms with Gasteiger partial charge in [-0.1, -0.05) is 18.2 Å². The van der Waals surface area contributed by atoms with Gasteiger partial charge in [-0.25, -0.2) is 4.39 Å². The van der Waals surface area contributed by atoms with E-state index in [9.17, 15) is 9.18 Å².